The van der Waals surface area contributed by atoms with Gasteiger partial charge >= 0.3 is 6.01 Å². The predicted octanol–water partition coefficient (Wildman–Crippen LogP) is 4.45. The lowest BCUT2D eigenvalue weighted by Crippen LogP contribution is -2.24. The second kappa shape index (κ2) is 10.1. The quantitative estimate of drug-likeness (QED) is 0.661. The number of nitrogens with zero attached hydrogens (tertiary/aromatic N) is 2. The molecule has 0 atom stereocenters. The van der Waals surface area contributed by atoms with Crippen molar-refractivity contribution in [2.45, 2.75) is 52.9 Å². The van der Waals surface area contributed by atoms with E-state index in [1.165, 1.54) is 6.42 Å². The van der Waals surface area contributed by atoms with Gasteiger partial charge in [-0.25, -0.2) is 0 Å². The molecule has 0 radical (unpaired) electrons. The van der Waals surface area contributed by atoms with Crippen LogP contribution in [0.5, 0.6) is 17.2 Å². The molecule has 0 spiro atoms. The van der Waals surface area contributed by atoms with E-state index >= 15 is 0 Å². The number of hydrogen-bond acceptors (Lipinski definition) is 7. The molecule has 0 saturated heterocycles. The Kier molecular flexibility index (Phi) is 7.32. The summed E-state index contributed by atoms with van der Waals surface area (Å²) in [5.41, 5.74) is 0.631. The Bertz CT molecular complexity index is 787. The zero-order valence-electron chi connectivity index (χ0n) is 17.3. The third kappa shape index (κ3) is 5.19. The smallest absolute Gasteiger partial charge is 0.322 e. The van der Waals surface area contributed by atoms with Crippen LogP contribution in [-0.4, -0.2) is 35.9 Å². The molecule has 8 heteroatoms. The molecule has 1 aliphatic carbocycles. The number of hydrogen-bond donors (Lipinski definition) is 1. The summed E-state index contributed by atoms with van der Waals surface area (Å²) >= 11 is 0. The van der Waals surface area contributed by atoms with Gasteiger partial charge in [-0.05, 0) is 45.7 Å². The number of rotatable bonds is 9. The van der Waals surface area contributed by atoms with Crippen molar-refractivity contribution in [1.82, 2.24) is 10.2 Å². The molecule has 1 saturated carbocycles. The molecule has 2 aromatic rings. The van der Waals surface area contributed by atoms with E-state index in [4.69, 9.17) is 18.6 Å². The lowest BCUT2D eigenvalue weighted by atomic mass is 9.89. The van der Waals surface area contributed by atoms with Crippen molar-refractivity contribution in [3.63, 3.8) is 0 Å². The molecular formula is C21H29N3O5. The summed E-state index contributed by atoms with van der Waals surface area (Å²) in [4.78, 5) is 12.4. The van der Waals surface area contributed by atoms with Crippen molar-refractivity contribution in [1.29, 1.82) is 0 Å². The molecule has 0 unspecified atom stereocenters. The fourth-order valence-electron chi connectivity index (χ4n) is 3.47. The average molecular weight is 403 g/mol. The Morgan fingerprint density at radius 2 is 1.62 bits per heavy atom. The van der Waals surface area contributed by atoms with E-state index in [9.17, 15) is 4.79 Å². The first kappa shape index (κ1) is 21.0. The van der Waals surface area contributed by atoms with Gasteiger partial charge in [-0.3, -0.25) is 10.1 Å². The maximum atomic E-state index is 12.4. The highest BCUT2D eigenvalue weighted by Crippen LogP contribution is 2.42. The number of ether oxygens (including phenoxy) is 3. The summed E-state index contributed by atoms with van der Waals surface area (Å²) < 4.78 is 22.9. The molecule has 1 aromatic heterocycles. The maximum absolute atomic E-state index is 12.4. The van der Waals surface area contributed by atoms with Crippen LogP contribution < -0.4 is 19.5 Å². The number of carbonyl (C=O) groups excluding carboxylic acids is 1. The molecule has 8 nitrogen and oxygen atoms in total. The number of aromatic nitrogens is 2. The topological polar surface area (TPSA) is 95.7 Å². The minimum absolute atomic E-state index is 0.0127. The molecule has 158 valence electrons. The van der Waals surface area contributed by atoms with Crippen LogP contribution in [0, 0.1) is 5.92 Å². The zero-order chi connectivity index (χ0) is 20.6. The van der Waals surface area contributed by atoms with Gasteiger partial charge in [0.2, 0.25) is 17.5 Å². The first-order chi connectivity index (χ1) is 14.2. The normalized spacial score (nSPS) is 14.4. The van der Waals surface area contributed by atoms with E-state index in [-0.39, 0.29) is 23.7 Å². The summed E-state index contributed by atoms with van der Waals surface area (Å²) in [5.74, 6) is 1.86. The summed E-state index contributed by atoms with van der Waals surface area (Å²) in [6, 6.07) is 3.65. The van der Waals surface area contributed by atoms with Crippen molar-refractivity contribution in [3.8, 4) is 28.7 Å². The standard InChI is InChI=1S/C21H29N3O5/c1-4-26-16-12-15(13-17(27-5-2)18(16)28-6-3)20-23-24-21(29-20)22-19(25)14-10-8-7-9-11-14/h12-14H,4-11H2,1-3H3,(H,22,24,25). The fourth-order valence-corrected chi connectivity index (χ4v) is 3.47. The zero-order valence-corrected chi connectivity index (χ0v) is 17.3. The number of benzene rings is 1. The Morgan fingerprint density at radius 1 is 1.00 bits per heavy atom. The Labute approximate surface area is 170 Å². The van der Waals surface area contributed by atoms with Crippen molar-refractivity contribution in [2.75, 3.05) is 25.1 Å². The van der Waals surface area contributed by atoms with Crippen LogP contribution in [0.3, 0.4) is 0 Å². The molecule has 0 bridgehead atoms. The fraction of sp³-hybridized carbons (Fsp3) is 0.571. The van der Waals surface area contributed by atoms with Crippen LogP contribution in [0.4, 0.5) is 6.01 Å². The van der Waals surface area contributed by atoms with Crippen LogP contribution >= 0.6 is 0 Å². The van der Waals surface area contributed by atoms with Gasteiger partial charge in [0.05, 0.1) is 19.8 Å². The molecule has 1 N–H and O–H groups in total. The molecule has 1 heterocycles. The molecule has 0 aliphatic heterocycles. The SMILES string of the molecule is CCOc1cc(-c2nnc(NC(=O)C3CCCCC3)o2)cc(OCC)c1OCC. The minimum atomic E-state index is -0.0587. The van der Waals surface area contributed by atoms with Crippen LogP contribution in [0.2, 0.25) is 0 Å². The van der Waals surface area contributed by atoms with E-state index in [0.717, 1.165) is 25.7 Å². The molecule has 3 rings (SSSR count). The predicted molar refractivity (Wildman–Crippen MR) is 108 cm³/mol. The van der Waals surface area contributed by atoms with Gasteiger partial charge in [-0.1, -0.05) is 24.4 Å². The monoisotopic (exact) mass is 403 g/mol. The van der Waals surface area contributed by atoms with Gasteiger partial charge in [0.15, 0.2) is 11.5 Å². The first-order valence-corrected chi connectivity index (χ1v) is 10.4. The molecule has 1 aliphatic rings. The summed E-state index contributed by atoms with van der Waals surface area (Å²) in [7, 11) is 0. The van der Waals surface area contributed by atoms with Crippen LogP contribution in [0.15, 0.2) is 16.5 Å². The highest BCUT2D eigenvalue weighted by Gasteiger charge is 2.23. The van der Waals surface area contributed by atoms with Crippen LogP contribution in [-0.2, 0) is 4.79 Å². The third-order valence-corrected chi connectivity index (χ3v) is 4.79. The number of nitrogens with one attached hydrogen (secondary N) is 1. The van der Waals surface area contributed by atoms with Crippen molar-refractivity contribution in [2.24, 2.45) is 5.92 Å². The van der Waals surface area contributed by atoms with Crippen molar-refractivity contribution >= 4 is 11.9 Å². The maximum Gasteiger partial charge on any atom is 0.322 e. The first-order valence-electron chi connectivity index (χ1n) is 10.4. The Balaban J connectivity index is 1.83. The Hall–Kier alpha value is -2.77. The van der Waals surface area contributed by atoms with Gasteiger partial charge in [-0.2, -0.15) is 0 Å². The average Bonchev–Trinajstić information content (AvgIpc) is 3.19. The second-order valence-corrected chi connectivity index (χ2v) is 6.84. The van der Waals surface area contributed by atoms with Crippen molar-refractivity contribution < 1.29 is 23.4 Å². The molecule has 1 amide bonds. The van der Waals surface area contributed by atoms with E-state index in [1.54, 1.807) is 12.1 Å². The lowest BCUT2D eigenvalue weighted by Gasteiger charge is -2.19. The van der Waals surface area contributed by atoms with Crippen LogP contribution in [0.25, 0.3) is 11.5 Å². The summed E-state index contributed by atoms with van der Waals surface area (Å²) in [6.07, 6.45) is 5.17. The molecule has 29 heavy (non-hydrogen) atoms. The van der Waals surface area contributed by atoms with E-state index in [0.29, 0.717) is 42.6 Å². The van der Waals surface area contributed by atoms with Gasteiger partial charge in [0.25, 0.3) is 0 Å². The van der Waals surface area contributed by atoms with Gasteiger partial charge in [0, 0.05) is 11.5 Å². The van der Waals surface area contributed by atoms with Gasteiger partial charge in [0.1, 0.15) is 0 Å². The Morgan fingerprint density at radius 3 is 2.21 bits per heavy atom. The summed E-state index contributed by atoms with van der Waals surface area (Å²) in [6.45, 7) is 7.13. The van der Waals surface area contributed by atoms with E-state index in [1.807, 2.05) is 20.8 Å². The molecular weight excluding hydrogens is 374 g/mol. The largest absolute Gasteiger partial charge is 0.490 e. The second-order valence-electron chi connectivity index (χ2n) is 6.84. The number of carbonyl (C=O) groups is 1. The third-order valence-electron chi connectivity index (χ3n) is 4.79. The number of anilines is 1. The highest BCUT2D eigenvalue weighted by atomic mass is 16.5. The van der Waals surface area contributed by atoms with Gasteiger partial charge in [-0.15, -0.1) is 5.10 Å². The van der Waals surface area contributed by atoms with E-state index in [2.05, 4.69) is 15.5 Å². The van der Waals surface area contributed by atoms with Crippen LogP contribution in [0.1, 0.15) is 52.9 Å². The van der Waals surface area contributed by atoms with E-state index < -0.39 is 0 Å². The minimum Gasteiger partial charge on any atom is -0.490 e. The molecule has 1 aromatic carbocycles. The van der Waals surface area contributed by atoms with Gasteiger partial charge < -0.3 is 18.6 Å². The highest BCUT2D eigenvalue weighted by molar-refractivity contribution is 5.90. The van der Waals surface area contributed by atoms with Crippen molar-refractivity contribution in [3.05, 3.63) is 12.1 Å². The molecule has 1 fully saturated rings. The number of amides is 1. The lowest BCUT2D eigenvalue weighted by molar-refractivity contribution is -0.120. The summed E-state index contributed by atoms with van der Waals surface area (Å²) in [5, 5.41) is 10.8.